The van der Waals surface area contributed by atoms with Gasteiger partial charge in [-0.15, -0.1) is 0 Å². The Kier molecular flexibility index (Phi) is 5.01. The van der Waals surface area contributed by atoms with Crippen molar-refractivity contribution >= 4 is 39.4 Å². The summed E-state index contributed by atoms with van der Waals surface area (Å²) in [6.07, 6.45) is 0. The summed E-state index contributed by atoms with van der Waals surface area (Å²) in [6, 6.07) is 5.10. The first-order valence-corrected chi connectivity index (χ1v) is 7.33. The molecule has 0 bridgehead atoms. The van der Waals surface area contributed by atoms with Crippen LogP contribution in [0.3, 0.4) is 0 Å². The van der Waals surface area contributed by atoms with Crippen LogP contribution in [-0.4, -0.2) is 59.5 Å². The number of carboxylic acid groups (broad SMARTS) is 1. The molecule has 1 aromatic rings. The molecule has 1 amide bonds. The second-order valence-electron chi connectivity index (χ2n) is 4.59. The van der Waals surface area contributed by atoms with Gasteiger partial charge < -0.3 is 10.0 Å². The molecule has 5 nitrogen and oxygen atoms in total. The Morgan fingerprint density at radius 3 is 2.50 bits per heavy atom. The third kappa shape index (κ3) is 3.71. The topological polar surface area (TPSA) is 60.9 Å². The molecular weight excluding hydrogens is 348 g/mol. The summed E-state index contributed by atoms with van der Waals surface area (Å²) < 4.78 is 0.708. The van der Waals surface area contributed by atoms with Crippen molar-refractivity contribution in [1.82, 2.24) is 9.80 Å². The molecule has 0 unspecified atom stereocenters. The molecule has 108 valence electrons. The third-order valence-corrected chi connectivity index (χ3v) is 4.10. The molecule has 1 aliphatic rings. The molecule has 0 aliphatic carbocycles. The zero-order chi connectivity index (χ0) is 14.7. The van der Waals surface area contributed by atoms with Gasteiger partial charge in [0.25, 0.3) is 5.91 Å². The third-order valence-electron chi connectivity index (χ3n) is 3.18. The van der Waals surface area contributed by atoms with Crippen molar-refractivity contribution in [3.63, 3.8) is 0 Å². The Balaban J connectivity index is 2.01. The van der Waals surface area contributed by atoms with E-state index in [9.17, 15) is 9.59 Å². The van der Waals surface area contributed by atoms with Gasteiger partial charge in [0.1, 0.15) is 0 Å². The van der Waals surface area contributed by atoms with Crippen molar-refractivity contribution in [1.29, 1.82) is 0 Å². The van der Waals surface area contributed by atoms with Crippen LogP contribution < -0.4 is 0 Å². The number of rotatable bonds is 3. The van der Waals surface area contributed by atoms with Crippen molar-refractivity contribution in [3.05, 3.63) is 33.3 Å². The van der Waals surface area contributed by atoms with Crippen LogP contribution in [0, 0.1) is 0 Å². The smallest absolute Gasteiger partial charge is 0.317 e. The number of carbonyl (C=O) groups is 2. The second kappa shape index (κ2) is 6.56. The van der Waals surface area contributed by atoms with E-state index in [1.807, 2.05) is 4.90 Å². The quantitative estimate of drug-likeness (QED) is 0.894. The maximum absolute atomic E-state index is 12.4. The highest BCUT2D eigenvalue weighted by Crippen LogP contribution is 2.23. The largest absolute Gasteiger partial charge is 0.480 e. The Hall–Kier alpha value is -1.11. The van der Waals surface area contributed by atoms with E-state index >= 15 is 0 Å². The van der Waals surface area contributed by atoms with E-state index < -0.39 is 5.97 Å². The summed E-state index contributed by atoms with van der Waals surface area (Å²) in [7, 11) is 0. The number of benzene rings is 1. The van der Waals surface area contributed by atoms with Crippen LogP contribution in [0.1, 0.15) is 10.4 Å². The molecule has 2 rings (SSSR count). The van der Waals surface area contributed by atoms with Gasteiger partial charge >= 0.3 is 5.97 Å². The van der Waals surface area contributed by atoms with E-state index in [1.54, 1.807) is 23.1 Å². The molecule has 1 fully saturated rings. The van der Waals surface area contributed by atoms with Gasteiger partial charge in [0.15, 0.2) is 0 Å². The van der Waals surface area contributed by atoms with E-state index in [1.165, 1.54) is 0 Å². The van der Waals surface area contributed by atoms with Gasteiger partial charge in [-0.1, -0.05) is 11.6 Å². The summed E-state index contributed by atoms with van der Waals surface area (Å²) in [4.78, 5) is 26.6. The SMILES string of the molecule is O=C(O)CN1CCN(C(=O)c2cc(Cl)ccc2Br)CC1. The summed E-state index contributed by atoms with van der Waals surface area (Å²) in [5.74, 6) is -0.934. The zero-order valence-electron chi connectivity index (χ0n) is 10.7. The lowest BCUT2D eigenvalue weighted by molar-refractivity contribution is -0.138. The monoisotopic (exact) mass is 360 g/mol. The van der Waals surface area contributed by atoms with Crippen LogP contribution in [0.4, 0.5) is 0 Å². The molecule has 0 spiro atoms. The van der Waals surface area contributed by atoms with E-state index in [2.05, 4.69) is 15.9 Å². The van der Waals surface area contributed by atoms with Gasteiger partial charge in [0, 0.05) is 35.7 Å². The molecule has 0 radical (unpaired) electrons. The van der Waals surface area contributed by atoms with Gasteiger partial charge in [-0.05, 0) is 34.1 Å². The number of piperazine rings is 1. The normalized spacial score (nSPS) is 16.2. The van der Waals surface area contributed by atoms with Crippen LogP contribution in [0.25, 0.3) is 0 Å². The molecular formula is C13H14BrClN2O3. The number of nitrogens with zero attached hydrogens (tertiary/aromatic N) is 2. The molecule has 1 saturated heterocycles. The molecule has 0 aromatic heterocycles. The molecule has 1 heterocycles. The van der Waals surface area contributed by atoms with E-state index in [0.29, 0.717) is 41.2 Å². The molecule has 0 saturated carbocycles. The minimum Gasteiger partial charge on any atom is -0.480 e. The van der Waals surface area contributed by atoms with E-state index in [4.69, 9.17) is 16.7 Å². The molecule has 0 atom stereocenters. The second-order valence-corrected chi connectivity index (χ2v) is 5.88. The van der Waals surface area contributed by atoms with Crippen molar-refractivity contribution in [2.24, 2.45) is 0 Å². The Labute approximate surface area is 130 Å². The van der Waals surface area contributed by atoms with Crippen molar-refractivity contribution in [2.45, 2.75) is 0 Å². The lowest BCUT2D eigenvalue weighted by atomic mass is 10.2. The van der Waals surface area contributed by atoms with E-state index in [-0.39, 0.29) is 12.5 Å². The number of carboxylic acids is 1. The molecule has 1 aromatic carbocycles. The highest BCUT2D eigenvalue weighted by Gasteiger charge is 2.24. The maximum atomic E-state index is 12.4. The fourth-order valence-electron chi connectivity index (χ4n) is 2.13. The lowest BCUT2D eigenvalue weighted by Gasteiger charge is -2.34. The molecule has 20 heavy (non-hydrogen) atoms. The Morgan fingerprint density at radius 2 is 1.90 bits per heavy atom. The van der Waals surface area contributed by atoms with Gasteiger partial charge in [0.2, 0.25) is 0 Å². The number of carbonyl (C=O) groups excluding carboxylic acids is 1. The van der Waals surface area contributed by atoms with Gasteiger partial charge in [-0.2, -0.15) is 0 Å². The number of aliphatic carboxylic acids is 1. The summed E-state index contributed by atoms with van der Waals surface area (Å²) >= 11 is 9.26. The van der Waals surface area contributed by atoms with Crippen LogP contribution in [0.5, 0.6) is 0 Å². The summed E-state index contributed by atoms with van der Waals surface area (Å²) in [6.45, 7) is 2.19. The highest BCUT2D eigenvalue weighted by atomic mass is 79.9. The lowest BCUT2D eigenvalue weighted by Crippen LogP contribution is -2.49. The minimum atomic E-state index is -0.845. The van der Waals surface area contributed by atoms with Crippen molar-refractivity contribution in [2.75, 3.05) is 32.7 Å². The van der Waals surface area contributed by atoms with Crippen LogP contribution in [-0.2, 0) is 4.79 Å². The minimum absolute atomic E-state index is 0.0168. The van der Waals surface area contributed by atoms with Crippen LogP contribution in [0.2, 0.25) is 5.02 Å². The Bertz CT molecular complexity index is 530. The van der Waals surface area contributed by atoms with Crippen LogP contribution >= 0.6 is 27.5 Å². The first-order valence-electron chi connectivity index (χ1n) is 6.16. The van der Waals surface area contributed by atoms with Crippen molar-refractivity contribution < 1.29 is 14.7 Å². The maximum Gasteiger partial charge on any atom is 0.317 e. The molecule has 1 aliphatic heterocycles. The number of halogens is 2. The predicted octanol–water partition coefficient (Wildman–Crippen LogP) is 1.94. The zero-order valence-corrected chi connectivity index (χ0v) is 13.0. The Morgan fingerprint density at radius 1 is 1.25 bits per heavy atom. The van der Waals surface area contributed by atoms with Gasteiger partial charge in [-0.3, -0.25) is 14.5 Å². The van der Waals surface area contributed by atoms with Gasteiger partial charge in [-0.25, -0.2) is 0 Å². The van der Waals surface area contributed by atoms with Crippen molar-refractivity contribution in [3.8, 4) is 0 Å². The predicted molar refractivity (Wildman–Crippen MR) is 79.1 cm³/mol. The first-order chi connectivity index (χ1) is 9.47. The number of amides is 1. The fourth-order valence-corrected chi connectivity index (χ4v) is 2.72. The van der Waals surface area contributed by atoms with E-state index in [0.717, 1.165) is 0 Å². The summed E-state index contributed by atoms with van der Waals surface area (Å²) in [5.41, 5.74) is 0.532. The molecule has 1 N–H and O–H groups in total. The average molecular weight is 362 g/mol. The summed E-state index contributed by atoms with van der Waals surface area (Å²) in [5, 5.41) is 9.26. The van der Waals surface area contributed by atoms with Gasteiger partial charge in [0.05, 0.1) is 12.1 Å². The highest BCUT2D eigenvalue weighted by molar-refractivity contribution is 9.10. The molecule has 7 heteroatoms. The van der Waals surface area contributed by atoms with Crippen LogP contribution in [0.15, 0.2) is 22.7 Å². The fraction of sp³-hybridized carbons (Fsp3) is 0.385. The average Bonchev–Trinajstić information content (AvgIpc) is 2.41. The number of hydrogen-bond donors (Lipinski definition) is 1. The first kappa shape index (κ1) is 15.3. The standard InChI is InChI=1S/C13H14BrClN2O3/c14-11-2-1-9(15)7-10(11)13(20)17-5-3-16(4-6-17)8-12(18)19/h1-2,7H,3-6,8H2,(H,18,19). The number of hydrogen-bond acceptors (Lipinski definition) is 3.